The third-order valence-corrected chi connectivity index (χ3v) is 2.66. The summed E-state index contributed by atoms with van der Waals surface area (Å²) in [7, 11) is 1.56. The Kier molecular flexibility index (Phi) is 4.16. The second kappa shape index (κ2) is 6.03. The molecule has 98 valence electrons. The molecule has 1 aromatic carbocycles. The number of aryl methyl sites for hydroxylation is 1. The van der Waals surface area contributed by atoms with Gasteiger partial charge in [-0.3, -0.25) is 0 Å². The van der Waals surface area contributed by atoms with Gasteiger partial charge in [0.15, 0.2) is 0 Å². The molecule has 5 nitrogen and oxygen atoms in total. The number of hydrogen-bond donors (Lipinski definition) is 1. The molecule has 0 amide bonds. The summed E-state index contributed by atoms with van der Waals surface area (Å²) in [6.45, 7) is 3.08. The summed E-state index contributed by atoms with van der Waals surface area (Å²) in [5.41, 5.74) is 1.58. The van der Waals surface area contributed by atoms with Crippen LogP contribution < -0.4 is 10.1 Å². The standard InChI is InChI=1S/C14H15N3O2/c1-10-7-17-14(19-10)9-16-8-11-3-4-12(6-15)13(5-11)18-2/h3-5,7,16H,8-9H2,1-2H3. The van der Waals surface area contributed by atoms with Crippen molar-refractivity contribution < 1.29 is 9.15 Å². The molecule has 0 spiro atoms. The zero-order valence-electron chi connectivity index (χ0n) is 10.9. The first-order valence-corrected chi connectivity index (χ1v) is 5.92. The number of rotatable bonds is 5. The number of ether oxygens (including phenoxy) is 1. The van der Waals surface area contributed by atoms with E-state index in [-0.39, 0.29) is 0 Å². The lowest BCUT2D eigenvalue weighted by Gasteiger charge is -2.06. The molecule has 1 heterocycles. The number of benzene rings is 1. The summed E-state index contributed by atoms with van der Waals surface area (Å²) in [6.07, 6.45) is 1.70. The Labute approximate surface area is 111 Å². The van der Waals surface area contributed by atoms with Gasteiger partial charge in [-0.15, -0.1) is 0 Å². The van der Waals surface area contributed by atoms with Crippen molar-refractivity contribution in [3.05, 3.63) is 47.2 Å². The first-order valence-electron chi connectivity index (χ1n) is 5.92. The highest BCUT2D eigenvalue weighted by Gasteiger charge is 2.04. The Morgan fingerprint density at radius 1 is 1.42 bits per heavy atom. The minimum atomic E-state index is 0.537. The SMILES string of the molecule is COc1cc(CNCc2ncc(C)o2)ccc1C#N. The largest absolute Gasteiger partial charge is 0.495 e. The van der Waals surface area contributed by atoms with Gasteiger partial charge in [0.25, 0.3) is 0 Å². The van der Waals surface area contributed by atoms with Gasteiger partial charge < -0.3 is 14.5 Å². The average Bonchev–Trinajstić information content (AvgIpc) is 2.84. The van der Waals surface area contributed by atoms with Gasteiger partial charge in [0.1, 0.15) is 17.6 Å². The van der Waals surface area contributed by atoms with Crippen LogP contribution in [0.5, 0.6) is 5.75 Å². The maximum atomic E-state index is 8.90. The van der Waals surface area contributed by atoms with Gasteiger partial charge in [0.05, 0.1) is 25.4 Å². The van der Waals surface area contributed by atoms with E-state index < -0.39 is 0 Å². The van der Waals surface area contributed by atoms with E-state index in [4.69, 9.17) is 14.4 Å². The van der Waals surface area contributed by atoms with Gasteiger partial charge in [0, 0.05) is 6.54 Å². The monoisotopic (exact) mass is 257 g/mol. The van der Waals surface area contributed by atoms with Crippen LogP contribution in [0.4, 0.5) is 0 Å². The van der Waals surface area contributed by atoms with Crippen LogP contribution in [0.25, 0.3) is 0 Å². The predicted octanol–water partition coefficient (Wildman–Crippen LogP) is 2.15. The third-order valence-electron chi connectivity index (χ3n) is 2.66. The van der Waals surface area contributed by atoms with Gasteiger partial charge in [-0.05, 0) is 24.6 Å². The highest BCUT2D eigenvalue weighted by molar-refractivity contribution is 5.45. The van der Waals surface area contributed by atoms with Crippen molar-refractivity contribution in [2.24, 2.45) is 0 Å². The van der Waals surface area contributed by atoms with Crippen molar-refractivity contribution in [2.75, 3.05) is 7.11 Å². The van der Waals surface area contributed by atoms with Crippen LogP contribution in [0.15, 0.2) is 28.8 Å². The number of oxazole rings is 1. The highest BCUT2D eigenvalue weighted by Crippen LogP contribution is 2.19. The van der Waals surface area contributed by atoms with E-state index in [0.717, 1.165) is 11.3 Å². The van der Waals surface area contributed by atoms with E-state index in [0.29, 0.717) is 30.3 Å². The van der Waals surface area contributed by atoms with Gasteiger partial charge in [0.2, 0.25) is 5.89 Å². The van der Waals surface area contributed by atoms with Gasteiger partial charge in [-0.25, -0.2) is 4.98 Å². The van der Waals surface area contributed by atoms with Gasteiger partial charge in [-0.2, -0.15) is 5.26 Å². The molecule has 2 aromatic rings. The quantitative estimate of drug-likeness (QED) is 0.888. The lowest BCUT2D eigenvalue weighted by molar-refractivity contribution is 0.412. The molecule has 19 heavy (non-hydrogen) atoms. The summed E-state index contributed by atoms with van der Waals surface area (Å²) in [5, 5.41) is 12.1. The van der Waals surface area contributed by atoms with Crippen molar-refractivity contribution in [3.8, 4) is 11.8 Å². The van der Waals surface area contributed by atoms with E-state index in [1.807, 2.05) is 19.1 Å². The molecule has 1 N–H and O–H groups in total. The van der Waals surface area contributed by atoms with Crippen LogP contribution in [0, 0.1) is 18.3 Å². The normalized spacial score (nSPS) is 10.2. The number of methoxy groups -OCH3 is 1. The molecular formula is C14H15N3O2. The summed E-state index contributed by atoms with van der Waals surface area (Å²) in [6, 6.07) is 7.59. The number of nitriles is 1. The van der Waals surface area contributed by atoms with Crippen LogP contribution >= 0.6 is 0 Å². The number of nitrogens with zero attached hydrogens (tertiary/aromatic N) is 2. The van der Waals surface area contributed by atoms with Gasteiger partial charge >= 0.3 is 0 Å². The van der Waals surface area contributed by atoms with Crippen molar-refractivity contribution in [1.82, 2.24) is 10.3 Å². The summed E-state index contributed by atoms with van der Waals surface area (Å²) < 4.78 is 10.5. The van der Waals surface area contributed by atoms with E-state index in [2.05, 4.69) is 16.4 Å². The second-order valence-corrected chi connectivity index (χ2v) is 4.11. The molecule has 0 aliphatic carbocycles. The van der Waals surface area contributed by atoms with E-state index in [1.54, 1.807) is 19.4 Å². The smallest absolute Gasteiger partial charge is 0.208 e. The van der Waals surface area contributed by atoms with Gasteiger partial charge in [-0.1, -0.05) is 6.07 Å². The molecule has 0 saturated carbocycles. The molecule has 0 radical (unpaired) electrons. The topological polar surface area (TPSA) is 71.1 Å². The number of aromatic nitrogens is 1. The van der Waals surface area contributed by atoms with Crippen molar-refractivity contribution in [1.29, 1.82) is 5.26 Å². The van der Waals surface area contributed by atoms with Crippen molar-refractivity contribution in [3.63, 3.8) is 0 Å². The molecule has 0 fully saturated rings. The molecule has 2 rings (SSSR count). The van der Waals surface area contributed by atoms with Crippen LogP contribution in [-0.4, -0.2) is 12.1 Å². The van der Waals surface area contributed by atoms with E-state index in [1.165, 1.54) is 0 Å². The Balaban J connectivity index is 1.94. The Bertz CT molecular complexity index is 599. The van der Waals surface area contributed by atoms with E-state index >= 15 is 0 Å². The molecular weight excluding hydrogens is 242 g/mol. The maximum Gasteiger partial charge on any atom is 0.208 e. The summed E-state index contributed by atoms with van der Waals surface area (Å²) >= 11 is 0. The van der Waals surface area contributed by atoms with Crippen molar-refractivity contribution in [2.45, 2.75) is 20.0 Å². The molecule has 5 heteroatoms. The first kappa shape index (κ1) is 13.1. The minimum absolute atomic E-state index is 0.537. The fourth-order valence-electron chi connectivity index (χ4n) is 1.73. The third kappa shape index (κ3) is 3.33. The van der Waals surface area contributed by atoms with Crippen LogP contribution in [0.2, 0.25) is 0 Å². The fourth-order valence-corrected chi connectivity index (χ4v) is 1.73. The zero-order chi connectivity index (χ0) is 13.7. The first-order chi connectivity index (χ1) is 9.22. The van der Waals surface area contributed by atoms with Crippen molar-refractivity contribution >= 4 is 0 Å². The molecule has 1 aromatic heterocycles. The Morgan fingerprint density at radius 3 is 2.89 bits per heavy atom. The molecule has 0 aliphatic rings. The number of hydrogen-bond acceptors (Lipinski definition) is 5. The minimum Gasteiger partial charge on any atom is -0.495 e. The van der Waals surface area contributed by atoms with Crippen LogP contribution in [0.3, 0.4) is 0 Å². The lowest BCUT2D eigenvalue weighted by Crippen LogP contribution is -2.13. The molecule has 0 aliphatic heterocycles. The average molecular weight is 257 g/mol. The molecule has 0 atom stereocenters. The fraction of sp³-hybridized carbons (Fsp3) is 0.286. The lowest BCUT2D eigenvalue weighted by atomic mass is 10.1. The summed E-state index contributed by atoms with van der Waals surface area (Å²) in [5.74, 6) is 2.06. The highest BCUT2D eigenvalue weighted by atomic mass is 16.5. The summed E-state index contributed by atoms with van der Waals surface area (Å²) in [4.78, 5) is 4.11. The second-order valence-electron chi connectivity index (χ2n) is 4.11. The van der Waals surface area contributed by atoms with E-state index in [9.17, 15) is 0 Å². The maximum absolute atomic E-state index is 8.90. The molecule has 0 unspecified atom stereocenters. The van der Waals surface area contributed by atoms with Crippen LogP contribution in [0.1, 0.15) is 22.8 Å². The van der Waals surface area contributed by atoms with Crippen LogP contribution in [-0.2, 0) is 13.1 Å². The predicted molar refractivity (Wildman–Crippen MR) is 69.5 cm³/mol. The number of nitrogens with one attached hydrogen (secondary N) is 1. The Hall–Kier alpha value is -2.32. The molecule has 0 saturated heterocycles. The zero-order valence-corrected chi connectivity index (χ0v) is 10.9. The Morgan fingerprint density at radius 2 is 2.26 bits per heavy atom. The molecule has 0 bridgehead atoms.